The van der Waals surface area contributed by atoms with Crippen LogP contribution in [0.4, 0.5) is 0 Å². The maximum absolute atomic E-state index is 5.92. The molecule has 2 atom stereocenters. The number of ether oxygens (including phenoxy) is 1. The van der Waals surface area contributed by atoms with E-state index in [1.165, 1.54) is 16.7 Å². The number of nitrogens with zero attached hydrogens (tertiary/aromatic N) is 1. The summed E-state index contributed by atoms with van der Waals surface area (Å²) in [5.74, 6) is 0. The Morgan fingerprint density at radius 1 is 1.33 bits per heavy atom. The summed E-state index contributed by atoms with van der Waals surface area (Å²) in [6.45, 7) is 7.05. The first-order valence-corrected chi connectivity index (χ1v) is 6.67. The fraction of sp³-hybridized carbons (Fsp3) is 0.600. The van der Waals surface area contributed by atoms with Crippen LogP contribution in [0.25, 0.3) is 0 Å². The smallest absolute Gasteiger partial charge is 0.0896 e. The monoisotopic (exact) mass is 248 g/mol. The molecule has 1 aliphatic heterocycles. The number of nitrogens with one attached hydrogen (secondary N) is 1. The van der Waals surface area contributed by atoms with Gasteiger partial charge in [0.15, 0.2) is 0 Å². The highest BCUT2D eigenvalue weighted by Gasteiger charge is 2.30. The number of likely N-dealkylation sites (N-methyl/N-ethyl adjacent to an activating group) is 2. The van der Waals surface area contributed by atoms with Crippen LogP contribution < -0.4 is 5.32 Å². The Kier molecular flexibility index (Phi) is 4.38. The van der Waals surface area contributed by atoms with Gasteiger partial charge in [-0.25, -0.2) is 0 Å². The fourth-order valence-corrected chi connectivity index (χ4v) is 2.65. The van der Waals surface area contributed by atoms with E-state index >= 15 is 0 Å². The molecule has 0 bridgehead atoms. The van der Waals surface area contributed by atoms with Crippen LogP contribution in [0.3, 0.4) is 0 Å². The van der Waals surface area contributed by atoms with Crippen molar-refractivity contribution >= 4 is 0 Å². The maximum atomic E-state index is 5.92. The quantitative estimate of drug-likeness (QED) is 0.884. The topological polar surface area (TPSA) is 24.5 Å². The summed E-state index contributed by atoms with van der Waals surface area (Å²) in [4.78, 5) is 2.40. The van der Waals surface area contributed by atoms with Gasteiger partial charge in [-0.1, -0.05) is 18.2 Å². The molecule has 0 aliphatic carbocycles. The van der Waals surface area contributed by atoms with Crippen molar-refractivity contribution in [1.29, 1.82) is 0 Å². The molecule has 2 rings (SSSR count). The molecule has 1 aromatic carbocycles. The predicted molar refractivity (Wildman–Crippen MR) is 75.0 cm³/mol. The molecule has 0 amide bonds. The van der Waals surface area contributed by atoms with Crippen LogP contribution in [0.2, 0.25) is 0 Å². The lowest BCUT2D eigenvalue weighted by Gasteiger charge is -2.39. The minimum Gasteiger partial charge on any atom is -0.374 e. The molecule has 2 unspecified atom stereocenters. The summed E-state index contributed by atoms with van der Waals surface area (Å²) < 4.78 is 5.92. The van der Waals surface area contributed by atoms with Gasteiger partial charge in [-0.15, -0.1) is 0 Å². The Balaban J connectivity index is 2.28. The minimum atomic E-state index is 0.232. The third kappa shape index (κ3) is 2.74. The van der Waals surface area contributed by atoms with E-state index in [-0.39, 0.29) is 6.10 Å². The van der Waals surface area contributed by atoms with E-state index in [4.69, 9.17) is 4.74 Å². The fourth-order valence-electron chi connectivity index (χ4n) is 2.65. The van der Waals surface area contributed by atoms with Gasteiger partial charge < -0.3 is 10.1 Å². The lowest BCUT2D eigenvalue weighted by Crippen LogP contribution is -2.47. The van der Waals surface area contributed by atoms with Gasteiger partial charge in [-0.2, -0.15) is 0 Å². The van der Waals surface area contributed by atoms with E-state index < -0.39 is 0 Å². The number of aryl methyl sites for hydroxylation is 2. The third-order valence-corrected chi connectivity index (χ3v) is 3.88. The Morgan fingerprint density at radius 2 is 2.11 bits per heavy atom. The van der Waals surface area contributed by atoms with Crippen molar-refractivity contribution in [3.8, 4) is 0 Å². The first kappa shape index (κ1) is 13.5. The summed E-state index contributed by atoms with van der Waals surface area (Å²) in [6.07, 6.45) is 0.232. The average Bonchev–Trinajstić information content (AvgIpc) is 2.34. The molecule has 1 aromatic rings. The van der Waals surface area contributed by atoms with Crippen molar-refractivity contribution in [3.05, 3.63) is 34.9 Å². The zero-order valence-electron chi connectivity index (χ0n) is 11.9. The van der Waals surface area contributed by atoms with Crippen molar-refractivity contribution in [2.24, 2.45) is 0 Å². The summed E-state index contributed by atoms with van der Waals surface area (Å²) in [5.41, 5.74) is 4.07. The summed E-state index contributed by atoms with van der Waals surface area (Å²) in [7, 11) is 4.17. The van der Waals surface area contributed by atoms with E-state index in [9.17, 15) is 0 Å². The molecule has 100 valence electrons. The third-order valence-electron chi connectivity index (χ3n) is 3.88. The molecule has 3 heteroatoms. The van der Waals surface area contributed by atoms with Gasteiger partial charge in [0, 0.05) is 13.1 Å². The molecule has 0 saturated carbocycles. The SMILES string of the molecule is CNCC1OCCN(C)C1c1ccc(C)c(C)c1. The van der Waals surface area contributed by atoms with Crippen molar-refractivity contribution < 1.29 is 4.74 Å². The molecule has 1 heterocycles. The second kappa shape index (κ2) is 5.83. The molecule has 1 fully saturated rings. The molecule has 1 aliphatic rings. The number of hydrogen-bond donors (Lipinski definition) is 1. The second-order valence-electron chi connectivity index (χ2n) is 5.24. The highest BCUT2D eigenvalue weighted by Crippen LogP contribution is 2.29. The Labute approximate surface area is 110 Å². The van der Waals surface area contributed by atoms with Crippen LogP contribution in [0.5, 0.6) is 0 Å². The Morgan fingerprint density at radius 3 is 2.78 bits per heavy atom. The van der Waals surface area contributed by atoms with Crippen LogP contribution in [0.1, 0.15) is 22.7 Å². The van der Waals surface area contributed by atoms with Crippen LogP contribution >= 0.6 is 0 Å². The first-order valence-electron chi connectivity index (χ1n) is 6.67. The second-order valence-corrected chi connectivity index (χ2v) is 5.24. The highest BCUT2D eigenvalue weighted by atomic mass is 16.5. The van der Waals surface area contributed by atoms with Crippen LogP contribution in [0.15, 0.2) is 18.2 Å². The van der Waals surface area contributed by atoms with Crippen molar-refractivity contribution in [1.82, 2.24) is 10.2 Å². The normalized spacial score (nSPS) is 25.3. The molecule has 0 aromatic heterocycles. The van der Waals surface area contributed by atoms with Gasteiger partial charge in [0.05, 0.1) is 18.8 Å². The van der Waals surface area contributed by atoms with E-state index in [1.54, 1.807) is 0 Å². The number of benzene rings is 1. The molecular weight excluding hydrogens is 224 g/mol. The molecule has 0 spiro atoms. The van der Waals surface area contributed by atoms with Crippen molar-refractivity contribution in [3.63, 3.8) is 0 Å². The van der Waals surface area contributed by atoms with Crippen LogP contribution in [-0.2, 0) is 4.74 Å². The van der Waals surface area contributed by atoms with Gasteiger partial charge >= 0.3 is 0 Å². The Hall–Kier alpha value is -0.900. The highest BCUT2D eigenvalue weighted by molar-refractivity contribution is 5.32. The molecule has 1 saturated heterocycles. The van der Waals surface area contributed by atoms with Crippen LogP contribution in [-0.4, -0.2) is 44.8 Å². The lowest BCUT2D eigenvalue weighted by atomic mass is 9.95. The van der Waals surface area contributed by atoms with E-state index in [2.05, 4.69) is 49.3 Å². The number of hydrogen-bond acceptors (Lipinski definition) is 3. The standard InChI is InChI=1S/C15H24N2O/c1-11-5-6-13(9-12(11)2)15-14(10-16-3)18-8-7-17(15)4/h5-6,9,14-16H,7-8,10H2,1-4H3. The van der Waals surface area contributed by atoms with Crippen LogP contribution in [0, 0.1) is 13.8 Å². The number of morpholine rings is 1. The van der Waals surface area contributed by atoms with Gasteiger partial charge in [-0.3, -0.25) is 4.90 Å². The average molecular weight is 248 g/mol. The van der Waals surface area contributed by atoms with Gasteiger partial charge in [0.25, 0.3) is 0 Å². The molecule has 3 nitrogen and oxygen atoms in total. The van der Waals surface area contributed by atoms with Crippen molar-refractivity contribution in [2.75, 3.05) is 33.8 Å². The lowest BCUT2D eigenvalue weighted by molar-refractivity contribution is -0.0606. The number of rotatable bonds is 3. The predicted octanol–water partition coefficient (Wildman–Crippen LogP) is 1.89. The van der Waals surface area contributed by atoms with E-state index in [1.807, 2.05) is 7.05 Å². The molecule has 1 N–H and O–H groups in total. The zero-order chi connectivity index (χ0) is 13.1. The molecule has 0 radical (unpaired) electrons. The Bertz CT molecular complexity index is 403. The molecule has 18 heavy (non-hydrogen) atoms. The maximum Gasteiger partial charge on any atom is 0.0896 e. The summed E-state index contributed by atoms with van der Waals surface area (Å²) in [6, 6.07) is 7.10. The minimum absolute atomic E-state index is 0.232. The summed E-state index contributed by atoms with van der Waals surface area (Å²) >= 11 is 0. The molecular formula is C15H24N2O. The van der Waals surface area contributed by atoms with E-state index in [0.717, 1.165) is 19.7 Å². The summed E-state index contributed by atoms with van der Waals surface area (Å²) in [5, 5.41) is 3.23. The van der Waals surface area contributed by atoms with Gasteiger partial charge in [0.1, 0.15) is 0 Å². The first-order chi connectivity index (χ1) is 8.63. The van der Waals surface area contributed by atoms with Gasteiger partial charge in [0.2, 0.25) is 0 Å². The zero-order valence-corrected chi connectivity index (χ0v) is 11.9. The van der Waals surface area contributed by atoms with E-state index in [0.29, 0.717) is 6.04 Å². The van der Waals surface area contributed by atoms with Gasteiger partial charge in [-0.05, 0) is 44.6 Å². The van der Waals surface area contributed by atoms with Crippen molar-refractivity contribution in [2.45, 2.75) is 26.0 Å². The largest absolute Gasteiger partial charge is 0.374 e.